The van der Waals surface area contributed by atoms with Crippen LogP contribution in [0.25, 0.3) is 0 Å². The quantitative estimate of drug-likeness (QED) is 0.756. The van der Waals surface area contributed by atoms with Crippen molar-refractivity contribution in [2.75, 3.05) is 33.9 Å². The van der Waals surface area contributed by atoms with Crippen molar-refractivity contribution in [3.05, 3.63) is 28.2 Å². The molecule has 1 heterocycles. The Balaban J connectivity index is 1.91. The number of halogens is 1. The minimum Gasteiger partial charge on any atom is -0.479 e. The highest BCUT2D eigenvalue weighted by Gasteiger charge is 2.31. The first-order chi connectivity index (χ1) is 10.1. The Morgan fingerprint density at radius 1 is 1.48 bits per heavy atom. The summed E-state index contributed by atoms with van der Waals surface area (Å²) in [6.07, 6.45) is 0.374. The first kappa shape index (κ1) is 16.3. The van der Waals surface area contributed by atoms with Gasteiger partial charge in [-0.05, 0) is 33.6 Å². The summed E-state index contributed by atoms with van der Waals surface area (Å²) in [4.78, 5) is 13.6. The molecule has 0 saturated carbocycles. The average molecular weight is 357 g/mol. The molecule has 1 unspecified atom stereocenters. The van der Waals surface area contributed by atoms with Crippen molar-refractivity contribution in [2.24, 2.45) is 0 Å². The summed E-state index contributed by atoms with van der Waals surface area (Å²) >= 11 is 3.51. The van der Waals surface area contributed by atoms with Gasteiger partial charge in [-0.1, -0.05) is 6.07 Å². The van der Waals surface area contributed by atoms with Gasteiger partial charge in [-0.2, -0.15) is 0 Å². The number of carbonyl (C=O) groups is 1. The number of hydrogen-bond acceptors (Lipinski definition) is 4. The second-order valence-corrected chi connectivity index (χ2v) is 5.94. The third-order valence-electron chi connectivity index (χ3n) is 3.46. The Labute approximate surface area is 133 Å². The van der Waals surface area contributed by atoms with Crippen LogP contribution in [0.4, 0.5) is 0 Å². The number of nitrogens with zero attached hydrogens (tertiary/aromatic N) is 1. The van der Waals surface area contributed by atoms with Gasteiger partial charge < -0.3 is 19.7 Å². The number of carbonyl (C=O) groups excluding carboxylic acids is 1. The van der Waals surface area contributed by atoms with Crippen molar-refractivity contribution < 1.29 is 14.3 Å². The van der Waals surface area contributed by atoms with Gasteiger partial charge in [0.2, 0.25) is 0 Å². The number of likely N-dealkylation sites (tertiary alicyclic amines) is 1. The standard InChI is InChI=1S/C15H21BrN2O3/c1-18-7-5-14(15(18)19)21-13-4-3-11(9-12(13)16)10-17-6-8-20-2/h3-4,9,14,17H,5-8,10H2,1-2H3. The van der Waals surface area contributed by atoms with E-state index < -0.39 is 0 Å². The van der Waals surface area contributed by atoms with Crippen LogP contribution in [0, 0.1) is 0 Å². The lowest BCUT2D eigenvalue weighted by molar-refractivity contribution is -0.132. The zero-order valence-corrected chi connectivity index (χ0v) is 14.0. The molecule has 2 rings (SSSR count). The fourth-order valence-corrected chi connectivity index (χ4v) is 2.73. The van der Waals surface area contributed by atoms with Gasteiger partial charge in [-0.25, -0.2) is 0 Å². The Bertz CT molecular complexity index is 496. The summed E-state index contributed by atoms with van der Waals surface area (Å²) in [5.41, 5.74) is 1.15. The van der Waals surface area contributed by atoms with Crippen LogP contribution < -0.4 is 10.1 Å². The number of likely N-dealkylation sites (N-methyl/N-ethyl adjacent to an activating group) is 1. The molecule has 1 aromatic carbocycles. The minimum atomic E-state index is -0.364. The lowest BCUT2D eigenvalue weighted by Gasteiger charge is -2.15. The van der Waals surface area contributed by atoms with Gasteiger partial charge in [0.05, 0.1) is 11.1 Å². The van der Waals surface area contributed by atoms with E-state index in [4.69, 9.17) is 9.47 Å². The molecule has 0 bridgehead atoms. The van der Waals surface area contributed by atoms with Crippen molar-refractivity contribution in [2.45, 2.75) is 19.1 Å². The molecule has 1 fully saturated rings. The molecule has 21 heavy (non-hydrogen) atoms. The van der Waals surface area contributed by atoms with Gasteiger partial charge in [0, 0.05) is 40.2 Å². The van der Waals surface area contributed by atoms with E-state index in [2.05, 4.69) is 21.2 Å². The van der Waals surface area contributed by atoms with Gasteiger partial charge in [0.15, 0.2) is 6.10 Å². The zero-order chi connectivity index (χ0) is 15.2. The number of methoxy groups -OCH3 is 1. The third kappa shape index (κ3) is 4.43. The molecule has 1 amide bonds. The van der Waals surface area contributed by atoms with Crippen molar-refractivity contribution in [1.29, 1.82) is 0 Å². The molecule has 1 aliphatic rings. The van der Waals surface area contributed by atoms with Crippen LogP contribution in [0.3, 0.4) is 0 Å². The molecule has 6 heteroatoms. The van der Waals surface area contributed by atoms with Crippen LogP contribution in [-0.4, -0.2) is 50.8 Å². The molecule has 1 N–H and O–H groups in total. The monoisotopic (exact) mass is 356 g/mol. The lowest BCUT2D eigenvalue weighted by Crippen LogP contribution is -2.29. The van der Waals surface area contributed by atoms with E-state index in [0.717, 1.165) is 36.1 Å². The van der Waals surface area contributed by atoms with Crippen LogP contribution in [0.15, 0.2) is 22.7 Å². The maximum absolute atomic E-state index is 11.9. The minimum absolute atomic E-state index is 0.0483. The van der Waals surface area contributed by atoms with Gasteiger partial charge in [0.1, 0.15) is 5.75 Å². The van der Waals surface area contributed by atoms with Crippen LogP contribution >= 0.6 is 15.9 Å². The molecule has 1 aromatic rings. The number of nitrogens with one attached hydrogen (secondary N) is 1. The molecule has 1 saturated heterocycles. The lowest BCUT2D eigenvalue weighted by atomic mass is 10.2. The molecular weight excluding hydrogens is 336 g/mol. The topological polar surface area (TPSA) is 50.8 Å². The second-order valence-electron chi connectivity index (χ2n) is 5.09. The molecule has 0 radical (unpaired) electrons. The van der Waals surface area contributed by atoms with Gasteiger partial charge >= 0.3 is 0 Å². The van der Waals surface area contributed by atoms with Gasteiger partial charge in [-0.15, -0.1) is 0 Å². The Hall–Kier alpha value is -1.11. The Kier molecular flexibility index (Phi) is 6.02. The fourth-order valence-electron chi connectivity index (χ4n) is 2.21. The predicted molar refractivity (Wildman–Crippen MR) is 84.4 cm³/mol. The summed E-state index contributed by atoms with van der Waals surface area (Å²) in [7, 11) is 3.49. The number of hydrogen-bond donors (Lipinski definition) is 1. The highest BCUT2D eigenvalue weighted by atomic mass is 79.9. The van der Waals surface area contributed by atoms with Crippen LogP contribution in [0.1, 0.15) is 12.0 Å². The summed E-state index contributed by atoms with van der Waals surface area (Å²) in [6, 6.07) is 5.92. The fraction of sp³-hybridized carbons (Fsp3) is 0.533. The normalized spacial score (nSPS) is 18.3. The van der Waals surface area contributed by atoms with Crippen molar-refractivity contribution in [3.63, 3.8) is 0 Å². The van der Waals surface area contributed by atoms with E-state index in [1.165, 1.54) is 0 Å². The molecule has 1 aliphatic heterocycles. The highest BCUT2D eigenvalue weighted by molar-refractivity contribution is 9.10. The first-order valence-electron chi connectivity index (χ1n) is 7.01. The summed E-state index contributed by atoms with van der Waals surface area (Å²) < 4.78 is 11.7. The van der Waals surface area contributed by atoms with E-state index in [1.807, 2.05) is 18.2 Å². The van der Waals surface area contributed by atoms with Crippen LogP contribution in [0.5, 0.6) is 5.75 Å². The van der Waals surface area contributed by atoms with E-state index in [-0.39, 0.29) is 12.0 Å². The van der Waals surface area contributed by atoms with E-state index in [0.29, 0.717) is 12.4 Å². The average Bonchev–Trinajstić information content (AvgIpc) is 2.78. The number of amides is 1. The SMILES string of the molecule is COCCNCc1ccc(OC2CCN(C)C2=O)c(Br)c1. The largest absolute Gasteiger partial charge is 0.479 e. The van der Waals surface area contributed by atoms with E-state index in [1.54, 1.807) is 19.1 Å². The molecule has 1 atom stereocenters. The first-order valence-corrected chi connectivity index (χ1v) is 7.81. The van der Waals surface area contributed by atoms with E-state index >= 15 is 0 Å². The Morgan fingerprint density at radius 2 is 2.29 bits per heavy atom. The molecule has 0 aromatic heterocycles. The number of rotatable bonds is 7. The van der Waals surface area contributed by atoms with Crippen molar-refractivity contribution >= 4 is 21.8 Å². The zero-order valence-electron chi connectivity index (χ0n) is 12.4. The smallest absolute Gasteiger partial charge is 0.263 e. The maximum atomic E-state index is 11.9. The number of ether oxygens (including phenoxy) is 2. The van der Waals surface area contributed by atoms with Gasteiger partial charge in [-0.3, -0.25) is 4.79 Å². The Morgan fingerprint density at radius 3 is 2.90 bits per heavy atom. The van der Waals surface area contributed by atoms with Crippen LogP contribution in [0.2, 0.25) is 0 Å². The summed E-state index contributed by atoms with van der Waals surface area (Å²) in [6.45, 7) is 3.03. The summed E-state index contributed by atoms with van der Waals surface area (Å²) in [5.74, 6) is 0.761. The molecular formula is C15H21BrN2O3. The molecule has 0 spiro atoms. The van der Waals surface area contributed by atoms with Crippen molar-refractivity contribution in [1.82, 2.24) is 10.2 Å². The third-order valence-corrected chi connectivity index (χ3v) is 4.08. The highest BCUT2D eigenvalue weighted by Crippen LogP contribution is 2.28. The maximum Gasteiger partial charge on any atom is 0.263 e. The van der Waals surface area contributed by atoms with Gasteiger partial charge in [0.25, 0.3) is 5.91 Å². The molecule has 5 nitrogen and oxygen atoms in total. The summed E-state index contributed by atoms with van der Waals surface area (Å²) in [5, 5.41) is 3.29. The molecule has 116 valence electrons. The van der Waals surface area contributed by atoms with Crippen LogP contribution in [-0.2, 0) is 16.1 Å². The van der Waals surface area contributed by atoms with E-state index in [9.17, 15) is 4.79 Å². The predicted octanol–water partition coefficient (Wildman–Crippen LogP) is 1.79. The molecule has 0 aliphatic carbocycles. The second kappa shape index (κ2) is 7.77. The van der Waals surface area contributed by atoms with Crippen molar-refractivity contribution in [3.8, 4) is 5.75 Å². The number of benzene rings is 1.